The summed E-state index contributed by atoms with van der Waals surface area (Å²) in [6.45, 7) is 4.13. The van der Waals surface area contributed by atoms with Crippen LogP contribution in [-0.4, -0.2) is 35.4 Å². The van der Waals surface area contributed by atoms with Crippen molar-refractivity contribution in [2.75, 3.05) is 19.6 Å². The molecular weight excluding hydrogens is 286 g/mol. The van der Waals surface area contributed by atoms with Crippen molar-refractivity contribution >= 4 is 5.91 Å². The van der Waals surface area contributed by atoms with Gasteiger partial charge in [0, 0.05) is 19.3 Å². The molecule has 0 aliphatic carbocycles. The van der Waals surface area contributed by atoms with E-state index in [-0.39, 0.29) is 5.91 Å². The molecule has 1 saturated heterocycles. The fraction of sp³-hybridized carbons (Fsp3) is 0.421. The van der Waals surface area contributed by atoms with Crippen molar-refractivity contribution in [3.63, 3.8) is 0 Å². The van der Waals surface area contributed by atoms with Crippen LogP contribution in [-0.2, 0) is 6.54 Å². The van der Waals surface area contributed by atoms with Crippen LogP contribution >= 0.6 is 0 Å². The molecule has 2 heterocycles. The number of amides is 1. The Kier molecular flexibility index (Phi) is 5.48. The van der Waals surface area contributed by atoms with E-state index >= 15 is 0 Å². The van der Waals surface area contributed by atoms with Gasteiger partial charge in [-0.1, -0.05) is 30.3 Å². The summed E-state index contributed by atoms with van der Waals surface area (Å²) in [5, 5.41) is 3.00. The second-order valence-electron chi connectivity index (χ2n) is 6.33. The van der Waals surface area contributed by atoms with Gasteiger partial charge in [0.1, 0.15) is 5.69 Å². The maximum Gasteiger partial charge on any atom is 0.267 e. The van der Waals surface area contributed by atoms with Crippen LogP contribution in [0.2, 0.25) is 0 Å². The van der Waals surface area contributed by atoms with Crippen molar-refractivity contribution in [2.24, 2.45) is 5.92 Å². The number of rotatable bonds is 6. The minimum atomic E-state index is -0.00323. The first-order chi connectivity index (χ1) is 11.3. The first kappa shape index (κ1) is 15.8. The molecule has 0 spiro atoms. The van der Waals surface area contributed by atoms with E-state index < -0.39 is 0 Å². The second kappa shape index (κ2) is 7.97. The predicted molar refractivity (Wildman–Crippen MR) is 92.2 cm³/mol. The standard InChI is InChI=1S/C19H25N3O/c23-19(18-7-4-11-20-18)21-12-8-16-9-13-22(14-10-16)15-17-5-2-1-3-6-17/h1-7,11,16,20H,8-10,12-15H2,(H,21,23). The lowest BCUT2D eigenvalue weighted by Crippen LogP contribution is -2.34. The zero-order chi connectivity index (χ0) is 15.9. The molecule has 1 aromatic carbocycles. The second-order valence-corrected chi connectivity index (χ2v) is 6.33. The Morgan fingerprint density at radius 3 is 2.61 bits per heavy atom. The number of H-pyrrole nitrogens is 1. The van der Waals surface area contributed by atoms with Crippen LogP contribution in [0.3, 0.4) is 0 Å². The zero-order valence-corrected chi connectivity index (χ0v) is 13.5. The predicted octanol–water partition coefficient (Wildman–Crippen LogP) is 3.05. The number of aromatic nitrogens is 1. The molecule has 0 saturated carbocycles. The lowest BCUT2D eigenvalue weighted by molar-refractivity contribution is 0.0943. The van der Waals surface area contributed by atoms with Crippen LogP contribution in [0, 0.1) is 5.92 Å². The summed E-state index contributed by atoms with van der Waals surface area (Å²) < 4.78 is 0. The summed E-state index contributed by atoms with van der Waals surface area (Å²) in [5.41, 5.74) is 2.03. The fourth-order valence-electron chi connectivity index (χ4n) is 3.23. The molecule has 1 aliphatic heterocycles. The number of hydrogen-bond acceptors (Lipinski definition) is 2. The largest absolute Gasteiger partial charge is 0.357 e. The first-order valence-electron chi connectivity index (χ1n) is 8.49. The normalized spacial score (nSPS) is 16.3. The maximum absolute atomic E-state index is 11.9. The number of likely N-dealkylation sites (tertiary alicyclic amines) is 1. The number of benzene rings is 1. The summed E-state index contributed by atoms with van der Waals surface area (Å²) in [4.78, 5) is 17.3. The highest BCUT2D eigenvalue weighted by molar-refractivity contribution is 5.92. The van der Waals surface area contributed by atoms with Gasteiger partial charge in [-0.15, -0.1) is 0 Å². The third kappa shape index (κ3) is 4.70. The molecular formula is C19H25N3O. The summed E-state index contributed by atoms with van der Waals surface area (Å²) in [6.07, 6.45) is 5.30. The monoisotopic (exact) mass is 311 g/mol. The van der Waals surface area contributed by atoms with E-state index in [0.717, 1.165) is 38.5 Å². The van der Waals surface area contributed by atoms with Crippen LogP contribution in [0.1, 0.15) is 35.3 Å². The number of nitrogens with zero attached hydrogens (tertiary/aromatic N) is 1. The lowest BCUT2D eigenvalue weighted by Gasteiger charge is -2.32. The van der Waals surface area contributed by atoms with Crippen molar-refractivity contribution < 1.29 is 4.79 Å². The molecule has 122 valence electrons. The van der Waals surface area contributed by atoms with Gasteiger partial charge in [-0.25, -0.2) is 0 Å². The van der Waals surface area contributed by atoms with Crippen LogP contribution in [0.4, 0.5) is 0 Å². The Hall–Kier alpha value is -2.07. The lowest BCUT2D eigenvalue weighted by atomic mass is 9.93. The highest BCUT2D eigenvalue weighted by Crippen LogP contribution is 2.21. The molecule has 0 radical (unpaired) electrons. The van der Waals surface area contributed by atoms with Crippen molar-refractivity contribution in [1.29, 1.82) is 0 Å². The Morgan fingerprint density at radius 1 is 1.13 bits per heavy atom. The highest BCUT2D eigenvalue weighted by Gasteiger charge is 2.19. The van der Waals surface area contributed by atoms with E-state index in [2.05, 4.69) is 45.5 Å². The van der Waals surface area contributed by atoms with Gasteiger partial charge in [0.2, 0.25) is 0 Å². The van der Waals surface area contributed by atoms with Crippen LogP contribution in [0.15, 0.2) is 48.7 Å². The molecule has 23 heavy (non-hydrogen) atoms. The molecule has 1 aromatic heterocycles. The number of carbonyl (C=O) groups excluding carboxylic acids is 1. The summed E-state index contributed by atoms with van der Waals surface area (Å²) in [6, 6.07) is 14.3. The van der Waals surface area contributed by atoms with E-state index in [1.54, 1.807) is 12.3 Å². The van der Waals surface area contributed by atoms with Crippen molar-refractivity contribution in [3.8, 4) is 0 Å². The van der Waals surface area contributed by atoms with E-state index in [1.807, 2.05) is 6.07 Å². The van der Waals surface area contributed by atoms with Gasteiger partial charge in [-0.05, 0) is 56.0 Å². The fourth-order valence-corrected chi connectivity index (χ4v) is 3.23. The third-order valence-corrected chi connectivity index (χ3v) is 4.64. The smallest absolute Gasteiger partial charge is 0.267 e. The van der Waals surface area contributed by atoms with Gasteiger partial charge in [0.15, 0.2) is 0 Å². The van der Waals surface area contributed by atoms with Gasteiger partial charge in [-0.2, -0.15) is 0 Å². The van der Waals surface area contributed by atoms with Crippen LogP contribution < -0.4 is 5.32 Å². The molecule has 1 amide bonds. The Morgan fingerprint density at radius 2 is 1.91 bits per heavy atom. The molecule has 1 fully saturated rings. The number of hydrogen-bond donors (Lipinski definition) is 2. The van der Waals surface area contributed by atoms with Gasteiger partial charge in [0.05, 0.1) is 0 Å². The molecule has 0 unspecified atom stereocenters. The van der Waals surface area contributed by atoms with Gasteiger partial charge in [0.25, 0.3) is 5.91 Å². The van der Waals surface area contributed by atoms with Crippen LogP contribution in [0.25, 0.3) is 0 Å². The Labute approximate surface area is 137 Å². The van der Waals surface area contributed by atoms with E-state index in [4.69, 9.17) is 0 Å². The highest BCUT2D eigenvalue weighted by atomic mass is 16.1. The molecule has 1 aliphatic rings. The van der Waals surface area contributed by atoms with Crippen molar-refractivity contribution in [1.82, 2.24) is 15.2 Å². The number of aromatic amines is 1. The van der Waals surface area contributed by atoms with E-state index in [0.29, 0.717) is 5.69 Å². The van der Waals surface area contributed by atoms with E-state index in [9.17, 15) is 4.79 Å². The van der Waals surface area contributed by atoms with Crippen molar-refractivity contribution in [2.45, 2.75) is 25.8 Å². The van der Waals surface area contributed by atoms with Gasteiger partial charge < -0.3 is 10.3 Å². The number of carbonyl (C=O) groups is 1. The average Bonchev–Trinajstić information content (AvgIpc) is 3.12. The topological polar surface area (TPSA) is 48.1 Å². The summed E-state index contributed by atoms with van der Waals surface area (Å²) in [7, 11) is 0. The molecule has 3 rings (SSSR count). The molecule has 0 atom stereocenters. The number of nitrogens with one attached hydrogen (secondary N) is 2. The maximum atomic E-state index is 11.9. The molecule has 4 heteroatoms. The quantitative estimate of drug-likeness (QED) is 0.861. The molecule has 0 bridgehead atoms. The minimum Gasteiger partial charge on any atom is -0.357 e. The number of piperidine rings is 1. The van der Waals surface area contributed by atoms with Crippen LogP contribution in [0.5, 0.6) is 0 Å². The Balaban J connectivity index is 1.34. The van der Waals surface area contributed by atoms with Crippen molar-refractivity contribution in [3.05, 3.63) is 59.9 Å². The molecule has 4 nitrogen and oxygen atoms in total. The average molecular weight is 311 g/mol. The van der Waals surface area contributed by atoms with E-state index in [1.165, 1.54) is 18.4 Å². The van der Waals surface area contributed by atoms with Gasteiger partial charge >= 0.3 is 0 Å². The molecule has 2 aromatic rings. The third-order valence-electron chi connectivity index (χ3n) is 4.64. The minimum absolute atomic E-state index is 0.00323. The molecule has 2 N–H and O–H groups in total. The van der Waals surface area contributed by atoms with Gasteiger partial charge in [-0.3, -0.25) is 9.69 Å². The summed E-state index contributed by atoms with van der Waals surface area (Å²) >= 11 is 0. The zero-order valence-electron chi connectivity index (χ0n) is 13.5. The summed E-state index contributed by atoms with van der Waals surface area (Å²) in [5.74, 6) is 0.725. The SMILES string of the molecule is O=C(NCCC1CCN(Cc2ccccc2)CC1)c1ccc[nH]1. The first-order valence-corrected chi connectivity index (χ1v) is 8.49. The Bertz CT molecular complexity index is 586.